The molecular formula is C50H88N13O13PS. The molecule has 0 aromatic carbocycles. The van der Waals surface area contributed by atoms with Crippen molar-refractivity contribution in [3.63, 3.8) is 0 Å². The van der Waals surface area contributed by atoms with E-state index in [0.717, 1.165) is 25.7 Å². The van der Waals surface area contributed by atoms with Crippen LogP contribution >= 0.6 is 6.49 Å². The molecule has 0 spiro atoms. The van der Waals surface area contributed by atoms with Crippen molar-refractivity contribution in [3.8, 4) is 0 Å². The summed E-state index contributed by atoms with van der Waals surface area (Å²) in [5, 5.41) is 34.9. The van der Waals surface area contributed by atoms with E-state index in [1.807, 2.05) is 20.8 Å². The number of carbonyl (C=O) groups is 5. The number of nitrogens with zero attached hydrogens (tertiary/aromatic N) is 9. The zero-order valence-corrected chi connectivity index (χ0v) is 48.6. The molecular weight excluding hydrogens is 1050 g/mol. The lowest BCUT2D eigenvalue weighted by atomic mass is 9.82. The Balaban J connectivity index is 1.55. The lowest BCUT2D eigenvalue weighted by Gasteiger charge is -2.35. The molecule has 5 N–H and O–H groups in total. The number of Topliss-reactive ketones (excluding diaryl/α,β-unsaturated/α-hetero) is 1. The number of ketones is 1. The van der Waals surface area contributed by atoms with Crippen LogP contribution in [0.15, 0.2) is 18.6 Å². The number of aryl methyl sites for hydroxylation is 3. The van der Waals surface area contributed by atoms with Gasteiger partial charge in [-0.3, -0.25) is 38.0 Å². The molecule has 3 aromatic heterocycles. The predicted molar refractivity (Wildman–Crippen MR) is 291 cm³/mol. The van der Waals surface area contributed by atoms with Crippen molar-refractivity contribution in [3.05, 3.63) is 35.7 Å². The molecule has 0 aliphatic carbocycles. The van der Waals surface area contributed by atoms with Crippen LogP contribution in [-0.2, 0) is 110 Å². The second kappa shape index (κ2) is 38.8. The first kappa shape index (κ1) is 67.6. The number of hydrogen-bond acceptors (Lipinski definition) is 19. The molecule has 1 unspecified atom stereocenters. The molecule has 0 saturated carbocycles. The first-order valence-electron chi connectivity index (χ1n) is 27.0. The molecule has 0 saturated heterocycles. The van der Waals surface area contributed by atoms with E-state index in [4.69, 9.17) is 44.8 Å². The Hall–Kier alpha value is -4.70. The number of ether oxygens (including phenoxy) is 6. The summed E-state index contributed by atoms with van der Waals surface area (Å²) in [6, 6.07) is 0. The van der Waals surface area contributed by atoms with Gasteiger partial charge >= 0.3 is 0 Å². The average molecular weight is 1140 g/mol. The summed E-state index contributed by atoms with van der Waals surface area (Å²) < 4.78 is 44.1. The maximum atomic E-state index is 13.8. The Labute approximate surface area is 464 Å². The molecule has 3 aromatic rings. The van der Waals surface area contributed by atoms with Crippen LogP contribution in [0.3, 0.4) is 0 Å². The largest absolute Gasteiger partial charge is 0.379 e. The molecule has 4 amide bonds. The minimum atomic E-state index is -2.87. The van der Waals surface area contributed by atoms with Gasteiger partial charge in [0.05, 0.1) is 97.9 Å². The van der Waals surface area contributed by atoms with Gasteiger partial charge in [0.15, 0.2) is 6.49 Å². The van der Waals surface area contributed by atoms with Crippen LogP contribution in [0, 0.1) is 0 Å². The standard InChI is InChI=1S/C50H88N13O13PS/c1-49(2,3)77(69,78)76-26-10-8-7-9-22-51-45(65)14-11-15-48(68)54-50(19-16-44(64)13-12-25-70-29-32-73-38-41-35-61(4)58-55-41,20-17-46(66)52-23-27-71-30-33-74-39-42-36-62(5)59-56-42)21-18-47(67)53-24-28-72-31-34-75-40-43-37-63(6)60-57-43/h35-37H,7-34,38-40H2,1-6H3,(H,51,65)(H,52,66)(H,53,67)(H,54,68)(H,69,78). The summed E-state index contributed by atoms with van der Waals surface area (Å²) in [6.45, 7) is 7.70. The van der Waals surface area contributed by atoms with Crippen molar-refractivity contribution < 1.29 is 61.8 Å². The van der Waals surface area contributed by atoms with Crippen LogP contribution in [0.2, 0.25) is 0 Å². The Kier molecular flexibility index (Phi) is 33.6. The van der Waals surface area contributed by atoms with Crippen LogP contribution in [0.1, 0.15) is 134 Å². The van der Waals surface area contributed by atoms with Crippen molar-refractivity contribution in [2.45, 2.75) is 148 Å². The van der Waals surface area contributed by atoms with E-state index < -0.39 is 17.2 Å². The van der Waals surface area contributed by atoms with Gasteiger partial charge in [-0.25, -0.2) is 0 Å². The summed E-state index contributed by atoms with van der Waals surface area (Å²) in [5.74, 6) is -1.19. The molecule has 0 fully saturated rings. The van der Waals surface area contributed by atoms with E-state index in [1.165, 1.54) is 0 Å². The number of aromatic nitrogens is 9. The fourth-order valence-electron chi connectivity index (χ4n) is 7.47. The molecule has 26 nitrogen and oxygen atoms in total. The maximum Gasteiger partial charge on any atom is 0.220 e. The number of amides is 4. The minimum Gasteiger partial charge on any atom is -0.379 e. The SMILES string of the molecule is Cn1cc(COCCOCCCC(=O)CCC(CCC(=O)NCCOCCOCc2cn(C)nn2)(CCC(=O)NCCOCCOCc2cn(C)nn2)NC(=O)CCCC(=O)NCCCCCCOP(O)(=S)C(C)(C)C)nn1. The van der Waals surface area contributed by atoms with Crippen LogP contribution in [0.5, 0.6) is 0 Å². The van der Waals surface area contributed by atoms with Crippen molar-refractivity contribution in [1.29, 1.82) is 0 Å². The number of rotatable bonds is 47. The van der Waals surface area contributed by atoms with Gasteiger partial charge in [0.25, 0.3) is 0 Å². The highest BCUT2D eigenvalue weighted by molar-refractivity contribution is 8.10. The molecule has 3 heterocycles. The minimum absolute atomic E-state index is 0.00728. The molecule has 0 bridgehead atoms. The maximum absolute atomic E-state index is 13.8. The highest BCUT2D eigenvalue weighted by Crippen LogP contribution is 2.55. The predicted octanol–water partition coefficient (Wildman–Crippen LogP) is 2.81. The number of nitrogens with one attached hydrogen (secondary N) is 4. The first-order valence-corrected chi connectivity index (χ1v) is 29.6. The Morgan fingerprint density at radius 1 is 0.500 bits per heavy atom. The van der Waals surface area contributed by atoms with E-state index in [-0.39, 0.29) is 120 Å². The van der Waals surface area contributed by atoms with Gasteiger partial charge in [-0.1, -0.05) is 49.3 Å². The molecule has 28 heteroatoms. The van der Waals surface area contributed by atoms with E-state index in [2.05, 4.69) is 52.2 Å². The van der Waals surface area contributed by atoms with E-state index in [0.29, 0.717) is 103 Å². The summed E-state index contributed by atoms with van der Waals surface area (Å²) in [5.41, 5.74) is 0.981. The van der Waals surface area contributed by atoms with Gasteiger partial charge < -0.3 is 59.1 Å². The van der Waals surface area contributed by atoms with Gasteiger partial charge in [-0.15, -0.1) is 15.3 Å². The summed E-state index contributed by atoms with van der Waals surface area (Å²) in [6.07, 6.45) is 10.1. The highest BCUT2D eigenvalue weighted by atomic mass is 32.5. The average Bonchev–Trinajstić information content (AvgIpc) is 4.14. The van der Waals surface area contributed by atoms with Crippen molar-refractivity contribution in [2.75, 3.05) is 85.7 Å². The second-order valence-electron chi connectivity index (χ2n) is 20.0. The monoisotopic (exact) mass is 1140 g/mol. The zero-order chi connectivity index (χ0) is 56.9. The molecule has 78 heavy (non-hydrogen) atoms. The van der Waals surface area contributed by atoms with E-state index in [1.54, 1.807) is 53.8 Å². The van der Waals surface area contributed by atoms with Gasteiger partial charge in [0.1, 0.15) is 22.9 Å². The molecule has 1 atom stereocenters. The lowest BCUT2D eigenvalue weighted by molar-refractivity contribution is -0.127. The highest BCUT2D eigenvalue weighted by Gasteiger charge is 2.34. The molecule has 0 radical (unpaired) electrons. The van der Waals surface area contributed by atoms with Crippen molar-refractivity contribution >= 4 is 47.7 Å². The third kappa shape index (κ3) is 31.8. The Morgan fingerprint density at radius 2 is 0.923 bits per heavy atom. The lowest BCUT2D eigenvalue weighted by Crippen LogP contribution is -2.50. The molecule has 3 rings (SSSR count). The van der Waals surface area contributed by atoms with E-state index in [9.17, 15) is 28.9 Å². The third-order valence-electron chi connectivity index (χ3n) is 12.0. The quantitative estimate of drug-likeness (QED) is 0.0401. The van der Waals surface area contributed by atoms with Crippen LogP contribution in [0.4, 0.5) is 0 Å². The first-order chi connectivity index (χ1) is 37.3. The number of hydrogen-bond donors (Lipinski definition) is 5. The molecule has 442 valence electrons. The van der Waals surface area contributed by atoms with Crippen molar-refractivity contribution in [2.24, 2.45) is 21.1 Å². The van der Waals surface area contributed by atoms with E-state index >= 15 is 0 Å². The molecule has 0 aliphatic heterocycles. The number of unbranched alkanes of at least 4 members (excludes halogenated alkanes) is 3. The van der Waals surface area contributed by atoms with Gasteiger partial charge in [-0.05, 0) is 56.8 Å². The summed E-state index contributed by atoms with van der Waals surface area (Å²) >= 11 is 5.29. The smallest absolute Gasteiger partial charge is 0.220 e. The summed E-state index contributed by atoms with van der Waals surface area (Å²) in [7, 11) is 5.32. The topological polar surface area (TPSA) is 310 Å². The Bertz CT molecular complexity index is 2050. The fraction of sp³-hybridized carbons (Fsp3) is 0.780. The van der Waals surface area contributed by atoms with Gasteiger partial charge in [-0.2, -0.15) is 0 Å². The normalized spacial score (nSPS) is 12.6. The van der Waals surface area contributed by atoms with Crippen LogP contribution in [-0.4, -0.2) is 176 Å². The van der Waals surface area contributed by atoms with Gasteiger partial charge in [0, 0.05) is 96.6 Å². The van der Waals surface area contributed by atoms with Crippen molar-refractivity contribution in [1.82, 2.24) is 66.2 Å². The zero-order valence-electron chi connectivity index (χ0n) is 46.9. The summed E-state index contributed by atoms with van der Waals surface area (Å²) in [4.78, 5) is 77.1. The van der Waals surface area contributed by atoms with Gasteiger partial charge in [0.2, 0.25) is 23.6 Å². The second-order valence-corrected chi connectivity index (χ2v) is 24.1. The van der Waals surface area contributed by atoms with Crippen LogP contribution < -0.4 is 21.3 Å². The van der Waals surface area contributed by atoms with Crippen LogP contribution in [0.25, 0.3) is 0 Å². The Morgan fingerprint density at radius 3 is 1.40 bits per heavy atom. The fourth-order valence-corrected chi connectivity index (χ4v) is 8.45. The number of carbonyl (C=O) groups excluding carboxylic acids is 5. The third-order valence-corrected chi connectivity index (χ3v) is 16.1. The molecule has 0 aliphatic rings.